The van der Waals surface area contributed by atoms with Gasteiger partial charge in [0.2, 0.25) is 0 Å². The lowest BCUT2D eigenvalue weighted by Crippen LogP contribution is -2.17. The molecule has 18 heavy (non-hydrogen) atoms. The van der Waals surface area contributed by atoms with Crippen molar-refractivity contribution in [2.75, 3.05) is 5.32 Å². The molecule has 1 saturated carbocycles. The van der Waals surface area contributed by atoms with E-state index < -0.39 is 0 Å². The first kappa shape index (κ1) is 12.0. The Labute approximate surface area is 112 Å². The highest BCUT2D eigenvalue weighted by molar-refractivity contribution is 7.22. The first-order valence-electron chi connectivity index (χ1n) is 6.95. The molecular weight excluding hydrogens is 240 g/mol. The Bertz CT molecular complexity index is 524. The van der Waals surface area contributed by atoms with Crippen molar-refractivity contribution in [1.82, 2.24) is 4.98 Å². The molecule has 1 aliphatic carbocycles. The number of aryl methyl sites for hydroxylation is 1. The molecule has 1 heterocycles. The molecule has 0 atom stereocenters. The fourth-order valence-corrected chi connectivity index (χ4v) is 3.62. The maximum Gasteiger partial charge on any atom is 0.184 e. The Morgan fingerprint density at radius 3 is 2.72 bits per heavy atom. The number of nitrogens with zero attached hydrogens (tertiary/aromatic N) is 1. The average Bonchev–Trinajstić information content (AvgIpc) is 2.57. The third kappa shape index (κ3) is 2.66. The lowest BCUT2D eigenvalue weighted by atomic mass is 10.1. The molecule has 0 amide bonds. The van der Waals surface area contributed by atoms with E-state index in [0.29, 0.717) is 6.04 Å². The van der Waals surface area contributed by atoms with Gasteiger partial charge in [-0.1, -0.05) is 43.1 Å². The smallest absolute Gasteiger partial charge is 0.184 e. The summed E-state index contributed by atoms with van der Waals surface area (Å²) in [6.45, 7) is 2.12. The molecule has 1 fully saturated rings. The Balaban J connectivity index is 1.77. The fourth-order valence-electron chi connectivity index (χ4n) is 2.70. The first-order chi connectivity index (χ1) is 8.81. The zero-order valence-corrected chi connectivity index (χ0v) is 11.7. The molecule has 0 radical (unpaired) electrons. The molecule has 0 saturated heterocycles. The molecule has 2 nitrogen and oxygen atoms in total. The highest BCUT2D eigenvalue weighted by Crippen LogP contribution is 2.29. The molecule has 1 aromatic carbocycles. The van der Waals surface area contributed by atoms with Gasteiger partial charge in [0.25, 0.3) is 0 Å². The summed E-state index contributed by atoms with van der Waals surface area (Å²) in [5, 5.41) is 4.74. The summed E-state index contributed by atoms with van der Waals surface area (Å²) in [6, 6.07) is 7.15. The quantitative estimate of drug-likeness (QED) is 0.789. The van der Waals surface area contributed by atoms with Gasteiger partial charge < -0.3 is 5.32 Å². The van der Waals surface area contributed by atoms with Crippen LogP contribution in [0.1, 0.15) is 44.1 Å². The number of nitrogens with one attached hydrogen (secondary N) is 1. The van der Waals surface area contributed by atoms with Gasteiger partial charge >= 0.3 is 0 Å². The van der Waals surface area contributed by atoms with Gasteiger partial charge in [-0.2, -0.15) is 0 Å². The second-order valence-electron chi connectivity index (χ2n) is 5.32. The molecule has 2 aromatic rings. The number of fused-ring (bicyclic) bond motifs is 1. The van der Waals surface area contributed by atoms with Gasteiger partial charge in [0.1, 0.15) is 0 Å². The lowest BCUT2D eigenvalue weighted by molar-refractivity contribution is 0.620. The number of hydrogen-bond donors (Lipinski definition) is 1. The van der Waals surface area contributed by atoms with Gasteiger partial charge in [0.05, 0.1) is 10.2 Å². The molecule has 96 valence electrons. The second-order valence-corrected chi connectivity index (χ2v) is 6.35. The Kier molecular flexibility index (Phi) is 3.50. The van der Waals surface area contributed by atoms with Gasteiger partial charge in [-0.05, 0) is 37.5 Å². The fraction of sp³-hybridized carbons (Fsp3) is 0.533. The minimum atomic E-state index is 0.633. The van der Waals surface area contributed by atoms with Crippen LogP contribution < -0.4 is 5.32 Å². The Morgan fingerprint density at radius 2 is 1.94 bits per heavy atom. The van der Waals surface area contributed by atoms with Crippen molar-refractivity contribution in [2.24, 2.45) is 0 Å². The molecule has 3 rings (SSSR count). The summed E-state index contributed by atoms with van der Waals surface area (Å²) < 4.78 is 1.29. The predicted molar refractivity (Wildman–Crippen MR) is 79.5 cm³/mol. The molecule has 0 unspecified atom stereocenters. The van der Waals surface area contributed by atoms with Crippen LogP contribution in [0.25, 0.3) is 10.2 Å². The molecule has 1 aromatic heterocycles. The lowest BCUT2D eigenvalue weighted by Gasteiger charge is -2.14. The number of benzene rings is 1. The van der Waals surface area contributed by atoms with Crippen LogP contribution in [-0.4, -0.2) is 11.0 Å². The topological polar surface area (TPSA) is 24.9 Å². The molecule has 1 aliphatic rings. The zero-order valence-electron chi connectivity index (χ0n) is 10.9. The van der Waals surface area contributed by atoms with Gasteiger partial charge in [-0.15, -0.1) is 0 Å². The monoisotopic (exact) mass is 260 g/mol. The van der Waals surface area contributed by atoms with Crippen LogP contribution >= 0.6 is 11.3 Å². The highest BCUT2D eigenvalue weighted by atomic mass is 32.1. The van der Waals surface area contributed by atoms with Gasteiger partial charge in [0.15, 0.2) is 5.13 Å². The van der Waals surface area contributed by atoms with E-state index in [1.807, 2.05) is 0 Å². The predicted octanol–water partition coefficient (Wildman–Crippen LogP) is 4.74. The normalized spacial score (nSPS) is 17.8. The number of hydrogen-bond acceptors (Lipinski definition) is 3. The number of rotatable bonds is 2. The second kappa shape index (κ2) is 5.27. The van der Waals surface area contributed by atoms with Crippen LogP contribution in [0.5, 0.6) is 0 Å². The largest absolute Gasteiger partial charge is 0.359 e. The SMILES string of the molecule is Cc1ccc2sc(NC3CCCCCC3)nc2c1. The van der Waals surface area contributed by atoms with Crippen LogP contribution in [0.4, 0.5) is 5.13 Å². The van der Waals surface area contributed by atoms with E-state index in [4.69, 9.17) is 4.98 Å². The van der Waals surface area contributed by atoms with Crippen molar-refractivity contribution >= 4 is 26.7 Å². The van der Waals surface area contributed by atoms with Crippen LogP contribution in [0.15, 0.2) is 18.2 Å². The molecule has 1 N–H and O–H groups in total. The molecule has 0 bridgehead atoms. The van der Waals surface area contributed by atoms with E-state index in [1.54, 1.807) is 11.3 Å². The molecular formula is C15H20N2S. The van der Waals surface area contributed by atoms with Crippen molar-refractivity contribution < 1.29 is 0 Å². The summed E-state index contributed by atoms with van der Waals surface area (Å²) in [6.07, 6.45) is 8.13. The highest BCUT2D eigenvalue weighted by Gasteiger charge is 2.13. The van der Waals surface area contributed by atoms with Crippen LogP contribution in [0.3, 0.4) is 0 Å². The average molecular weight is 260 g/mol. The van der Waals surface area contributed by atoms with Crippen molar-refractivity contribution in [3.05, 3.63) is 23.8 Å². The van der Waals surface area contributed by atoms with Crippen molar-refractivity contribution in [2.45, 2.75) is 51.5 Å². The molecule has 0 spiro atoms. The number of aromatic nitrogens is 1. The van der Waals surface area contributed by atoms with E-state index >= 15 is 0 Å². The van der Waals surface area contributed by atoms with Crippen molar-refractivity contribution in [3.8, 4) is 0 Å². The van der Waals surface area contributed by atoms with E-state index in [1.165, 1.54) is 48.8 Å². The summed E-state index contributed by atoms with van der Waals surface area (Å²) >= 11 is 1.78. The maximum atomic E-state index is 4.71. The maximum absolute atomic E-state index is 4.71. The molecule has 3 heteroatoms. The van der Waals surface area contributed by atoms with Crippen LogP contribution in [-0.2, 0) is 0 Å². The zero-order chi connectivity index (χ0) is 12.4. The van der Waals surface area contributed by atoms with Gasteiger partial charge in [-0.3, -0.25) is 0 Å². The van der Waals surface area contributed by atoms with Gasteiger partial charge in [-0.25, -0.2) is 4.98 Å². The van der Waals surface area contributed by atoms with E-state index in [2.05, 4.69) is 30.4 Å². The van der Waals surface area contributed by atoms with Crippen LogP contribution in [0, 0.1) is 6.92 Å². The van der Waals surface area contributed by atoms with E-state index in [0.717, 1.165) is 10.6 Å². The first-order valence-corrected chi connectivity index (χ1v) is 7.77. The Morgan fingerprint density at radius 1 is 1.17 bits per heavy atom. The van der Waals surface area contributed by atoms with Crippen molar-refractivity contribution in [3.63, 3.8) is 0 Å². The number of anilines is 1. The van der Waals surface area contributed by atoms with Crippen LogP contribution in [0.2, 0.25) is 0 Å². The van der Waals surface area contributed by atoms with E-state index in [9.17, 15) is 0 Å². The third-order valence-electron chi connectivity index (χ3n) is 3.73. The van der Waals surface area contributed by atoms with Gasteiger partial charge in [0, 0.05) is 6.04 Å². The molecule has 0 aliphatic heterocycles. The summed E-state index contributed by atoms with van der Waals surface area (Å²) in [5.74, 6) is 0. The van der Waals surface area contributed by atoms with Crippen molar-refractivity contribution in [1.29, 1.82) is 0 Å². The summed E-state index contributed by atoms with van der Waals surface area (Å²) in [4.78, 5) is 4.71. The Hall–Kier alpha value is -1.09. The minimum absolute atomic E-state index is 0.633. The third-order valence-corrected chi connectivity index (χ3v) is 4.69. The minimum Gasteiger partial charge on any atom is -0.359 e. The summed E-state index contributed by atoms with van der Waals surface area (Å²) in [5.41, 5.74) is 2.42. The standard InChI is InChI=1S/C15H20N2S/c1-11-8-9-14-13(10-11)17-15(18-14)16-12-6-4-2-3-5-7-12/h8-10,12H,2-7H2,1H3,(H,16,17). The summed E-state index contributed by atoms with van der Waals surface area (Å²) in [7, 11) is 0. The number of thiazole rings is 1. The van der Waals surface area contributed by atoms with E-state index in [-0.39, 0.29) is 0 Å².